The van der Waals surface area contributed by atoms with Gasteiger partial charge >= 0.3 is 0 Å². The van der Waals surface area contributed by atoms with Crippen molar-refractivity contribution in [3.8, 4) is 0 Å². The summed E-state index contributed by atoms with van der Waals surface area (Å²) in [5, 5.41) is 3.73. The molecule has 0 aliphatic rings. The van der Waals surface area contributed by atoms with Crippen molar-refractivity contribution in [3.63, 3.8) is 0 Å². The van der Waals surface area contributed by atoms with E-state index >= 15 is 0 Å². The average Bonchev–Trinajstić information content (AvgIpc) is 2.80. The van der Waals surface area contributed by atoms with Gasteiger partial charge in [0.2, 0.25) is 0 Å². The Morgan fingerprint density at radius 2 is 2.10 bits per heavy atom. The van der Waals surface area contributed by atoms with Gasteiger partial charge in [-0.1, -0.05) is 18.2 Å². The van der Waals surface area contributed by atoms with Crippen LogP contribution in [0.25, 0.3) is 10.1 Å². The number of nitrogens with two attached hydrogens (primary N) is 1. The van der Waals surface area contributed by atoms with E-state index in [0.717, 1.165) is 10.1 Å². The first-order valence-electron chi connectivity index (χ1n) is 6.36. The third kappa shape index (κ3) is 3.47. The van der Waals surface area contributed by atoms with E-state index in [1.165, 1.54) is 11.3 Å². The summed E-state index contributed by atoms with van der Waals surface area (Å²) in [7, 11) is 1.62. The molecule has 0 spiro atoms. The lowest BCUT2D eigenvalue weighted by Gasteiger charge is -2.05. The minimum absolute atomic E-state index is 0.154. The van der Waals surface area contributed by atoms with Gasteiger partial charge < -0.3 is 20.5 Å². The van der Waals surface area contributed by atoms with Crippen LogP contribution in [0.5, 0.6) is 0 Å². The van der Waals surface area contributed by atoms with Gasteiger partial charge in [-0.15, -0.1) is 11.3 Å². The Balaban J connectivity index is 1.89. The Morgan fingerprint density at radius 1 is 1.30 bits per heavy atom. The van der Waals surface area contributed by atoms with Gasteiger partial charge in [0.15, 0.2) is 0 Å². The van der Waals surface area contributed by atoms with Crippen LogP contribution in [-0.2, 0) is 9.47 Å². The van der Waals surface area contributed by atoms with E-state index in [-0.39, 0.29) is 5.91 Å². The fourth-order valence-corrected chi connectivity index (χ4v) is 2.83. The second-order valence-electron chi connectivity index (χ2n) is 4.20. The highest BCUT2D eigenvalue weighted by molar-refractivity contribution is 7.21. The van der Waals surface area contributed by atoms with E-state index < -0.39 is 0 Å². The smallest absolute Gasteiger partial charge is 0.263 e. The maximum atomic E-state index is 12.1. The molecule has 1 aromatic heterocycles. The van der Waals surface area contributed by atoms with Crippen molar-refractivity contribution in [1.82, 2.24) is 5.32 Å². The largest absolute Gasteiger partial charge is 0.397 e. The SMILES string of the molecule is COCCOCCNC(=O)c1sc2ccccc2c1N. The summed E-state index contributed by atoms with van der Waals surface area (Å²) in [4.78, 5) is 12.6. The molecule has 5 nitrogen and oxygen atoms in total. The number of thiophene rings is 1. The number of nitrogen functional groups attached to an aromatic ring is 1. The van der Waals surface area contributed by atoms with Crippen molar-refractivity contribution < 1.29 is 14.3 Å². The predicted molar refractivity (Wildman–Crippen MR) is 81.3 cm³/mol. The number of fused-ring (bicyclic) bond motifs is 1. The standard InChI is InChI=1S/C14H18N2O3S/c1-18-8-9-19-7-6-16-14(17)13-12(15)10-4-2-3-5-11(10)20-13/h2-5H,6-9,15H2,1H3,(H,16,17). The number of nitrogens with one attached hydrogen (secondary N) is 1. The molecule has 0 bridgehead atoms. The normalized spacial score (nSPS) is 10.8. The highest BCUT2D eigenvalue weighted by atomic mass is 32.1. The lowest BCUT2D eigenvalue weighted by Crippen LogP contribution is -2.27. The highest BCUT2D eigenvalue weighted by Gasteiger charge is 2.15. The number of amides is 1. The summed E-state index contributed by atoms with van der Waals surface area (Å²) in [6.07, 6.45) is 0. The Bertz CT molecular complexity index is 583. The third-order valence-electron chi connectivity index (χ3n) is 2.80. The molecule has 108 valence electrons. The minimum atomic E-state index is -0.154. The molecule has 0 unspecified atom stereocenters. The van der Waals surface area contributed by atoms with E-state index in [2.05, 4.69) is 5.32 Å². The second-order valence-corrected chi connectivity index (χ2v) is 5.25. The van der Waals surface area contributed by atoms with Crippen LogP contribution in [0, 0.1) is 0 Å². The maximum Gasteiger partial charge on any atom is 0.263 e. The molecule has 0 atom stereocenters. The minimum Gasteiger partial charge on any atom is -0.397 e. The number of hydrogen-bond donors (Lipinski definition) is 2. The van der Waals surface area contributed by atoms with Crippen LogP contribution in [0.2, 0.25) is 0 Å². The first kappa shape index (κ1) is 14.8. The molecule has 0 fully saturated rings. The molecule has 0 saturated heterocycles. The van der Waals surface area contributed by atoms with Gasteiger partial charge in [-0.2, -0.15) is 0 Å². The van der Waals surface area contributed by atoms with E-state index in [4.69, 9.17) is 15.2 Å². The van der Waals surface area contributed by atoms with Crippen LogP contribution in [-0.4, -0.2) is 39.4 Å². The number of ether oxygens (including phenoxy) is 2. The summed E-state index contributed by atoms with van der Waals surface area (Å²) >= 11 is 1.41. The second kappa shape index (κ2) is 7.23. The lowest BCUT2D eigenvalue weighted by molar-refractivity contribution is 0.0693. The van der Waals surface area contributed by atoms with Crippen molar-refractivity contribution in [1.29, 1.82) is 0 Å². The Hall–Kier alpha value is -1.63. The number of benzene rings is 1. The molecule has 0 radical (unpaired) electrons. The molecule has 2 aromatic rings. The van der Waals surface area contributed by atoms with Crippen LogP contribution in [0.4, 0.5) is 5.69 Å². The molecule has 20 heavy (non-hydrogen) atoms. The van der Waals surface area contributed by atoms with E-state index in [1.54, 1.807) is 7.11 Å². The fraction of sp³-hybridized carbons (Fsp3) is 0.357. The molecular formula is C14H18N2O3S. The summed E-state index contributed by atoms with van der Waals surface area (Å²) < 4.78 is 11.2. The molecule has 2 rings (SSSR count). The summed E-state index contributed by atoms with van der Waals surface area (Å²) in [5.41, 5.74) is 6.56. The Kier molecular flexibility index (Phi) is 5.34. The number of rotatable bonds is 7. The zero-order chi connectivity index (χ0) is 14.4. The van der Waals surface area contributed by atoms with Crippen molar-refractivity contribution in [2.45, 2.75) is 0 Å². The Labute approximate surface area is 121 Å². The molecule has 1 heterocycles. The van der Waals surface area contributed by atoms with E-state index in [1.807, 2.05) is 24.3 Å². The van der Waals surface area contributed by atoms with E-state index in [9.17, 15) is 4.79 Å². The zero-order valence-corrected chi connectivity index (χ0v) is 12.2. The molecule has 3 N–H and O–H groups in total. The van der Waals surface area contributed by atoms with Gasteiger partial charge in [0.1, 0.15) is 4.88 Å². The van der Waals surface area contributed by atoms with Gasteiger partial charge in [-0.05, 0) is 6.07 Å². The van der Waals surface area contributed by atoms with E-state index in [0.29, 0.717) is 36.9 Å². The Morgan fingerprint density at radius 3 is 2.85 bits per heavy atom. The number of carbonyl (C=O) groups excluding carboxylic acids is 1. The summed E-state index contributed by atoms with van der Waals surface area (Å²) in [6, 6.07) is 7.73. The summed E-state index contributed by atoms with van der Waals surface area (Å²) in [5.74, 6) is -0.154. The summed E-state index contributed by atoms with van der Waals surface area (Å²) in [6.45, 7) is 1.99. The van der Waals surface area contributed by atoms with Crippen LogP contribution in [0.3, 0.4) is 0 Å². The number of hydrogen-bond acceptors (Lipinski definition) is 5. The van der Waals surface area contributed by atoms with Crippen LogP contribution in [0.15, 0.2) is 24.3 Å². The number of anilines is 1. The maximum absolute atomic E-state index is 12.1. The van der Waals surface area contributed by atoms with Gasteiger partial charge in [0, 0.05) is 23.7 Å². The first-order valence-corrected chi connectivity index (χ1v) is 7.17. The predicted octanol–water partition coefficient (Wildman–Crippen LogP) is 1.88. The number of carbonyl (C=O) groups is 1. The van der Waals surface area contributed by atoms with Crippen LogP contribution < -0.4 is 11.1 Å². The number of methoxy groups -OCH3 is 1. The van der Waals surface area contributed by atoms with Crippen LogP contribution >= 0.6 is 11.3 Å². The average molecular weight is 294 g/mol. The first-order chi connectivity index (χ1) is 9.74. The van der Waals surface area contributed by atoms with Crippen molar-refractivity contribution in [2.24, 2.45) is 0 Å². The van der Waals surface area contributed by atoms with Gasteiger partial charge in [-0.25, -0.2) is 0 Å². The molecule has 0 aliphatic carbocycles. The van der Waals surface area contributed by atoms with Gasteiger partial charge in [0.25, 0.3) is 5.91 Å². The topological polar surface area (TPSA) is 73.6 Å². The molecular weight excluding hydrogens is 276 g/mol. The van der Waals surface area contributed by atoms with Crippen molar-refractivity contribution in [2.75, 3.05) is 39.2 Å². The molecule has 1 aromatic carbocycles. The van der Waals surface area contributed by atoms with Crippen LogP contribution in [0.1, 0.15) is 9.67 Å². The molecule has 6 heteroatoms. The van der Waals surface area contributed by atoms with Gasteiger partial charge in [0.05, 0.1) is 25.5 Å². The highest BCUT2D eigenvalue weighted by Crippen LogP contribution is 2.33. The van der Waals surface area contributed by atoms with Gasteiger partial charge in [-0.3, -0.25) is 4.79 Å². The van der Waals surface area contributed by atoms with Crippen molar-refractivity contribution >= 4 is 33.0 Å². The lowest BCUT2D eigenvalue weighted by atomic mass is 10.2. The van der Waals surface area contributed by atoms with Crippen molar-refractivity contribution in [3.05, 3.63) is 29.1 Å². The molecule has 0 aliphatic heterocycles. The quantitative estimate of drug-likeness (QED) is 0.765. The fourth-order valence-electron chi connectivity index (χ4n) is 1.80. The zero-order valence-electron chi connectivity index (χ0n) is 11.3. The molecule has 1 amide bonds. The molecule has 0 saturated carbocycles. The third-order valence-corrected chi connectivity index (χ3v) is 3.99. The monoisotopic (exact) mass is 294 g/mol.